The van der Waals surface area contributed by atoms with Gasteiger partial charge in [0, 0.05) is 25.2 Å². The molecule has 2 fully saturated rings. The second-order valence-corrected chi connectivity index (χ2v) is 6.73. The van der Waals surface area contributed by atoms with Crippen LogP contribution in [0.2, 0.25) is 0 Å². The largest absolute Gasteiger partial charge is 0.444 e. The fourth-order valence-corrected chi connectivity index (χ4v) is 2.84. The minimum absolute atomic E-state index is 0.0954. The smallest absolute Gasteiger partial charge is 0.410 e. The number of nitrogens with zero attached hydrogens (tertiary/aromatic N) is 1. The van der Waals surface area contributed by atoms with Gasteiger partial charge in [-0.25, -0.2) is 9.59 Å². The zero-order valence-electron chi connectivity index (χ0n) is 12.6. The average molecular weight is 283 g/mol. The van der Waals surface area contributed by atoms with E-state index >= 15 is 0 Å². The van der Waals surface area contributed by atoms with Gasteiger partial charge in [0.1, 0.15) is 5.60 Å². The second-order valence-electron chi connectivity index (χ2n) is 6.73. The van der Waals surface area contributed by atoms with E-state index in [9.17, 15) is 9.59 Å². The van der Waals surface area contributed by atoms with Gasteiger partial charge in [-0.3, -0.25) is 0 Å². The van der Waals surface area contributed by atoms with E-state index in [1.807, 2.05) is 20.8 Å². The van der Waals surface area contributed by atoms with Gasteiger partial charge >= 0.3 is 12.1 Å². The van der Waals surface area contributed by atoms with Crippen LogP contribution < -0.4 is 10.6 Å². The highest BCUT2D eigenvalue weighted by molar-refractivity contribution is 5.75. The maximum atomic E-state index is 12.1. The van der Waals surface area contributed by atoms with Gasteiger partial charge in [0.15, 0.2) is 0 Å². The summed E-state index contributed by atoms with van der Waals surface area (Å²) in [7, 11) is 0. The van der Waals surface area contributed by atoms with Gasteiger partial charge in [0.2, 0.25) is 0 Å². The number of hydrogen-bond donors (Lipinski definition) is 2. The minimum Gasteiger partial charge on any atom is -0.444 e. The van der Waals surface area contributed by atoms with Crippen molar-refractivity contribution in [3.8, 4) is 0 Å². The van der Waals surface area contributed by atoms with Crippen molar-refractivity contribution >= 4 is 12.1 Å². The van der Waals surface area contributed by atoms with Gasteiger partial charge in [-0.15, -0.1) is 0 Å². The van der Waals surface area contributed by atoms with E-state index in [0.717, 1.165) is 25.7 Å². The van der Waals surface area contributed by atoms with Crippen molar-refractivity contribution < 1.29 is 14.3 Å². The number of carbonyl (C=O) groups excluding carboxylic acids is 2. The molecule has 114 valence electrons. The van der Waals surface area contributed by atoms with Gasteiger partial charge in [0.25, 0.3) is 0 Å². The Morgan fingerprint density at radius 3 is 2.65 bits per heavy atom. The molecule has 1 spiro atoms. The first-order valence-electron chi connectivity index (χ1n) is 7.34. The summed E-state index contributed by atoms with van der Waals surface area (Å²) < 4.78 is 5.42. The summed E-state index contributed by atoms with van der Waals surface area (Å²) in [6, 6.07) is -0.0954. The van der Waals surface area contributed by atoms with Crippen LogP contribution in [0.5, 0.6) is 0 Å². The molecule has 6 nitrogen and oxygen atoms in total. The third-order valence-electron chi connectivity index (χ3n) is 3.86. The van der Waals surface area contributed by atoms with Gasteiger partial charge in [-0.2, -0.15) is 0 Å². The third kappa shape index (κ3) is 3.77. The first-order chi connectivity index (χ1) is 9.30. The van der Waals surface area contributed by atoms with E-state index < -0.39 is 5.60 Å². The number of hydrogen-bond acceptors (Lipinski definition) is 3. The molecule has 0 aromatic carbocycles. The number of amides is 3. The molecule has 2 N–H and O–H groups in total. The molecule has 3 amide bonds. The molecule has 0 aromatic heterocycles. The molecule has 2 aliphatic heterocycles. The Morgan fingerprint density at radius 2 is 2.00 bits per heavy atom. The van der Waals surface area contributed by atoms with E-state index in [0.29, 0.717) is 19.6 Å². The molecule has 6 heteroatoms. The SMILES string of the molecule is CC(C)(C)OC(=O)N1CCCC2(CCNC(=O)N2)CC1. The zero-order chi connectivity index (χ0) is 14.8. The van der Waals surface area contributed by atoms with Crippen molar-refractivity contribution in [3.63, 3.8) is 0 Å². The molecule has 1 atom stereocenters. The van der Waals surface area contributed by atoms with Crippen LogP contribution in [0.1, 0.15) is 46.5 Å². The Labute approximate surface area is 120 Å². The van der Waals surface area contributed by atoms with Gasteiger partial charge in [-0.05, 0) is 46.5 Å². The van der Waals surface area contributed by atoms with E-state index in [1.165, 1.54) is 0 Å². The molecule has 20 heavy (non-hydrogen) atoms. The Hall–Kier alpha value is -1.46. The molecule has 0 saturated carbocycles. The Bertz CT molecular complexity index is 392. The average Bonchev–Trinajstić information content (AvgIpc) is 2.50. The predicted molar refractivity (Wildman–Crippen MR) is 75.5 cm³/mol. The number of rotatable bonds is 0. The van der Waals surface area contributed by atoms with Crippen molar-refractivity contribution in [1.29, 1.82) is 0 Å². The maximum Gasteiger partial charge on any atom is 0.410 e. The normalized spacial score (nSPS) is 27.6. The quantitative estimate of drug-likeness (QED) is 0.712. The fourth-order valence-electron chi connectivity index (χ4n) is 2.84. The Balaban J connectivity index is 1.95. The van der Waals surface area contributed by atoms with Crippen LogP contribution >= 0.6 is 0 Å². The van der Waals surface area contributed by atoms with Crippen molar-refractivity contribution in [2.45, 2.75) is 57.6 Å². The van der Waals surface area contributed by atoms with Crippen LogP contribution in [0.3, 0.4) is 0 Å². The van der Waals surface area contributed by atoms with Crippen LogP contribution in [-0.2, 0) is 4.74 Å². The second kappa shape index (κ2) is 5.50. The Kier molecular flexibility index (Phi) is 4.11. The van der Waals surface area contributed by atoms with E-state index in [1.54, 1.807) is 4.90 Å². The third-order valence-corrected chi connectivity index (χ3v) is 3.86. The number of urea groups is 1. The lowest BCUT2D eigenvalue weighted by Gasteiger charge is -2.37. The van der Waals surface area contributed by atoms with Crippen LogP contribution in [-0.4, -0.2) is 47.8 Å². The first kappa shape index (κ1) is 14.9. The standard InChI is InChI=1S/C14H25N3O3/c1-13(2,3)20-12(19)17-9-4-5-14(7-10-17)6-8-15-11(18)16-14/h4-10H2,1-3H3,(H2,15,16,18). The molecule has 0 aliphatic carbocycles. The van der Waals surface area contributed by atoms with Crippen LogP contribution in [0.4, 0.5) is 9.59 Å². The van der Waals surface area contributed by atoms with E-state index in [-0.39, 0.29) is 17.7 Å². The molecule has 0 bridgehead atoms. The predicted octanol–water partition coefficient (Wildman–Crippen LogP) is 1.85. The summed E-state index contributed by atoms with van der Waals surface area (Å²) in [6.45, 7) is 7.65. The number of carbonyl (C=O) groups is 2. The first-order valence-corrected chi connectivity index (χ1v) is 7.34. The monoisotopic (exact) mass is 283 g/mol. The summed E-state index contributed by atoms with van der Waals surface area (Å²) in [5.41, 5.74) is -0.622. The zero-order valence-corrected chi connectivity index (χ0v) is 12.6. The van der Waals surface area contributed by atoms with Crippen molar-refractivity contribution in [3.05, 3.63) is 0 Å². The summed E-state index contributed by atoms with van der Waals surface area (Å²) >= 11 is 0. The lowest BCUT2D eigenvalue weighted by Crippen LogP contribution is -2.58. The minimum atomic E-state index is -0.468. The van der Waals surface area contributed by atoms with Gasteiger partial charge < -0.3 is 20.3 Å². The molecule has 1 unspecified atom stereocenters. The van der Waals surface area contributed by atoms with Crippen LogP contribution in [0.25, 0.3) is 0 Å². The molecule has 2 heterocycles. The molecule has 0 radical (unpaired) electrons. The number of nitrogens with one attached hydrogen (secondary N) is 2. The molecule has 0 aromatic rings. The van der Waals surface area contributed by atoms with E-state index in [4.69, 9.17) is 4.74 Å². The lowest BCUT2D eigenvalue weighted by atomic mass is 9.86. The van der Waals surface area contributed by atoms with Gasteiger partial charge in [0.05, 0.1) is 0 Å². The number of likely N-dealkylation sites (tertiary alicyclic amines) is 1. The molecule has 2 rings (SSSR count). The maximum absolute atomic E-state index is 12.1. The van der Waals surface area contributed by atoms with Crippen molar-refractivity contribution in [1.82, 2.24) is 15.5 Å². The highest BCUT2D eigenvalue weighted by Gasteiger charge is 2.37. The molecular weight excluding hydrogens is 258 g/mol. The summed E-state index contributed by atoms with van der Waals surface area (Å²) in [4.78, 5) is 25.4. The van der Waals surface area contributed by atoms with E-state index in [2.05, 4.69) is 10.6 Å². The summed E-state index contributed by atoms with van der Waals surface area (Å²) in [6.07, 6.45) is 3.26. The Morgan fingerprint density at radius 1 is 1.25 bits per heavy atom. The summed E-state index contributed by atoms with van der Waals surface area (Å²) in [5, 5.41) is 5.83. The number of ether oxygens (including phenoxy) is 1. The molecule has 2 aliphatic rings. The topological polar surface area (TPSA) is 70.7 Å². The fraction of sp³-hybridized carbons (Fsp3) is 0.857. The van der Waals surface area contributed by atoms with Crippen molar-refractivity contribution in [2.75, 3.05) is 19.6 Å². The highest BCUT2D eigenvalue weighted by atomic mass is 16.6. The van der Waals surface area contributed by atoms with Crippen LogP contribution in [0, 0.1) is 0 Å². The molecule has 2 saturated heterocycles. The summed E-state index contributed by atoms with van der Waals surface area (Å²) in [5.74, 6) is 0. The molecular formula is C14H25N3O3. The van der Waals surface area contributed by atoms with Crippen molar-refractivity contribution in [2.24, 2.45) is 0 Å². The lowest BCUT2D eigenvalue weighted by molar-refractivity contribution is 0.0253. The van der Waals surface area contributed by atoms with Gasteiger partial charge in [-0.1, -0.05) is 0 Å². The van der Waals surface area contributed by atoms with Crippen LogP contribution in [0.15, 0.2) is 0 Å². The highest BCUT2D eigenvalue weighted by Crippen LogP contribution is 2.27.